The fourth-order valence-corrected chi connectivity index (χ4v) is 2.38. The van der Waals surface area contributed by atoms with Crippen molar-refractivity contribution in [1.29, 1.82) is 0 Å². The van der Waals surface area contributed by atoms with Crippen LogP contribution in [0, 0.1) is 0 Å². The van der Waals surface area contributed by atoms with Gasteiger partial charge >= 0.3 is 0 Å². The normalized spacial score (nSPS) is 10.9. The second-order valence-corrected chi connectivity index (χ2v) is 5.03. The summed E-state index contributed by atoms with van der Waals surface area (Å²) in [6.07, 6.45) is 0.673. The third kappa shape index (κ3) is 2.11. The van der Waals surface area contributed by atoms with Crippen LogP contribution in [0.3, 0.4) is 0 Å². The topological polar surface area (TPSA) is 52.0 Å². The molecule has 1 heterocycles. The Bertz CT molecular complexity index is 692. The van der Waals surface area contributed by atoms with Crippen LogP contribution in [-0.4, -0.2) is 4.98 Å². The molecule has 0 aliphatic heterocycles. The van der Waals surface area contributed by atoms with E-state index in [4.69, 9.17) is 10.2 Å². The van der Waals surface area contributed by atoms with Crippen LogP contribution < -0.4 is 5.73 Å². The highest BCUT2D eigenvalue weighted by Crippen LogP contribution is 2.27. The minimum absolute atomic E-state index is 0.603. The lowest BCUT2D eigenvalue weighted by Gasteiger charge is -1.95. The molecule has 3 rings (SSSR count). The van der Waals surface area contributed by atoms with E-state index in [1.54, 1.807) is 0 Å². The van der Waals surface area contributed by atoms with Gasteiger partial charge in [0.2, 0.25) is 0 Å². The number of hydrogen-bond acceptors (Lipinski definition) is 3. The molecule has 0 unspecified atom stereocenters. The predicted molar refractivity (Wildman–Crippen MR) is 75.4 cm³/mol. The van der Waals surface area contributed by atoms with E-state index in [1.807, 2.05) is 42.5 Å². The number of fused-ring (bicyclic) bond motifs is 1. The van der Waals surface area contributed by atoms with E-state index in [9.17, 15) is 0 Å². The summed E-state index contributed by atoms with van der Waals surface area (Å²) in [5, 5.41) is 0. The van der Waals surface area contributed by atoms with Crippen LogP contribution in [0.5, 0.6) is 0 Å². The van der Waals surface area contributed by atoms with Crippen LogP contribution in [0.15, 0.2) is 51.4 Å². The van der Waals surface area contributed by atoms with E-state index < -0.39 is 0 Å². The van der Waals surface area contributed by atoms with Gasteiger partial charge in [-0.3, -0.25) is 0 Å². The zero-order valence-electron chi connectivity index (χ0n) is 9.56. The summed E-state index contributed by atoms with van der Waals surface area (Å²) >= 11 is 3.40. The molecule has 0 radical (unpaired) electrons. The minimum Gasteiger partial charge on any atom is -0.438 e. The maximum Gasteiger partial charge on any atom is 0.200 e. The van der Waals surface area contributed by atoms with Crippen LogP contribution in [0.4, 0.5) is 5.69 Å². The number of halogens is 1. The van der Waals surface area contributed by atoms with E-state index >= 15 is 0 Å². The number of rotatable bonds is 2. The summed E-state index contributed by atoms with van der Waals surface area (Å²) in [5.74, 6) is 0.681. The standard InChI is InChI=1S/C14H11BrN2O/c15-10-7-11(16)14-12(8-10)17-13(18-14)6-9-4-2-1-3-5-9/h1-5,7-8H,6,16H2. The number of anilines is 1. The van der Waals surface area contributed by atoms with E-state index in [0.29, 0.717) is 23.6 Å². The number of nitrogen functional groups attached to an aromatic ring is 1. The van der Waals surface area contributed by atoms with E-state index in [-0.39, 0.29) is 0 Å². The van der Waals surface area contributed by atoms with Crippen molar-refractivity contribution in [2.45, 2.75) is 6.42 Å². The Hall–Kier alpha value is -1.81. The second-order valence-electron chi connectivity index (χ2n) is 4.11. The average Bonchev–Trinajstić information content (AvgIpc) is 2.73. The fourth-order valence-electron chi connectivity index (χ4n) is 1.92. The van der Waals surface area contributed by atoms with Crippen molar-refractivity contribution in [3.05, 3.63) is 58.4 Å². The lowest BCUT2D eigenvalue weighted by Crippen LogP contribution is -1.86. The van der Waals surface area contributed by atoms with Crippen molar-refractivity contribution < 1.29 is 4.42 Å². The van der Waals surface area contributed by atoms with Gasteiger partial charge < -0.3 is 10.2 Å². The Morgan fingerprint density at radius 2 is 1.94 bits per heavy atom. The number of hydrogen-bond donors (Lipinski definition) is 1. The van der Waals surface area contributed by atoms with Gasteiger partial charge in [-0.2, -0.15) is 0 Å². The molecule has 2 N–H and O–H groups in total. The summed E-state index contributed by atoms with van der Waals surface area (Å²) in [5.41, 5.74) is 9.11. The summed E-state index contributed by atoms with van der Waals surface area (Å²) in [4.78, 5) is 4.45. The van der Waals surface area contributed by atoms with Crippen LogP contribution in [0.25, 0.3) is 11.1 Å². The molecule has 0 aliphatic rings. The first-order valence-corrected chi connectivity index (χ1v) is 6.40. The Labute approximate surface area is 113 Å². The SMILES string of the molecule is Nc1cc(Br)cc2nc(Cc3ccccc3)oc12. The molecule has 0 atom stereocenters. The van der Waals surface area contributed by atoms with E-state index in [1.165, 1.54) is 5.56 Å². The maximum atomic E-state index is 5.90. The molecule has 3 aromatic rings. The van der Waals surface area contributed by atoms with Crippen molar-refractivity contribution >= 4 is 32.7 Å². The fraction of sp³-hybridized carbons (Fsp3) is 0.0714. The Kier molecular flexibility index (Phi) is 2.80. The van der Waals surface area contributed by atoms with Crippen LogP contribution >= 0.6 is 15.9 Å². The highest BCUT2D eigenvalue weighted by atomic mass is 79.9. The third-order valence-electron chi connectivity index (χ3n) is 2.73. The number of nitrogens with two attached hydrogens (primary N) is 1. The van der Waals surface area contributed by atoms with Crippen molar-refractivity contribution in [3.8, 4) is 0 Å². The van der Waals surface area contributed by atoms with Gasteiger partial charge in [0, 0.05) is 10.9 Å². The molecule has 1 aromatic heterocycles. The lowest BCUT2D eigenvalue weighted by atomic mass is 10.1. The van der Waals surface area contributed by atoms with Gasteiger partial charge in [-0.25, -0.2) is 4.98 Å². The molecule has 3 nitrogen and oxygen atoms in total. The molecule has 2 aromatic carbocycles. The number of benzene rings is 2. The number of aromatic nitrogens is 1. The van der Waals surface area contributed by atoms with Crippen molar-refractivity contribution in [1.82, 2.24) is 4.98 Å². The van der Waals surface area contributed by atoms with Crippen molar-refractivity contribution in [2.75, 3.05) is 5.73 Å². The second kappa shape index (κ2) is 4.46. The van der Waals surface area contributed by atoms with Gasteiger partial charge in [-0.05, 0) is 17.7 Å². The highest BCUT2D eigenvalue weighted by Gasteiger charge is 2.10. The smallest absolute Gasteiger partial charge is 0.200 e. The molecule has 0 saturated heterocycles. The Morgan fingerprint density at radius 1 is 1.17 bits per heavy atom. The third-order valence-corrected chi connectivity index (χ3v) is 3.18. The molecule has 0 aliphatic carbocycles. The van der Waals surface area contributed by atoms with Gasteiger partial charge in [0.1, 0.15) is 5.52 Å². The first-order valence-electron chi connectivity index (χ1n) is 5.61. The van der Waals surface area contributed by atoms with Crippen LogP contribution in [0.1, 0.15) is 11.5 Å². The molecule has 4 heteroatoms. The molecule has 90 valence electrons. The van der Waals surface area contributed by atoms with E-state index in [0.717, 1.165) is 9.99 Å². The Balaban J connectivity index is 2.01. The van der Waals surface area contributed by atoms with Crippen molar-refractivity contribution in [3.63, 3.8) is 0 Å². The summed E-state index contributed by atoms with van der Waals surface area (Å²) < 4.78 is 6.61. The minimum atomic E-state index is 0.603. The molecule has 0 saturated carbocycles. The van der Waals surface area contributed by atoms with Crippen LogP contribution in [-0.2, 0) is 6.42 Å². The van der Waals surface area contributed by atoms with Crippen LogP contribution in [0.2, 0.25) is 0 Å². The van der Waals surface area contributed by atoms with E-state index in [2.05, 4.69) is 20.9 Å². The summed E-state index contributed by atoms with van der Waals surface area (Å²) in [6, 6.07) is 13.8. The highest BCUT2D eigenvalue weighted by molar-refractivity contribution is 9.10. The zero-order valence-corrected chi connectivity index (χ0v) is 11.1. The first-order chi connectivity index (χ1) is 8.72. The first kappa shape index (κ1) is 11.3. The summed E-state index contributed by atoms with van der Waals surface area (Å²) in [7, 11) is 0. The maximum absolute atomic E-state index is 5.90. The molecule has 0 spiro atoms. The Morgan fingerprint density at radius 3 is 2.72 bits per heavy atom. The van der Waals surface area contributed by atoms with Crippen molar-refractivity contribution in [2.24, 2.45) is 0 Å². The predicted octanol–water partition coefficient (Wildman–Crippen LogP) is 3.76. The summed E-state index contributed by atoms with van der Waals surface area (Å²) in [6.45, 7) is 0. The van der Waals surface area contributed by atoms with Gasteiger partial charge in [-0.1, -0.05) is 46.3 Å². The lowest BCUT2D eigenvalue weighted by molar-refractivity contribution is 0.545. The average molecular weight is 303 g/mol. The molecule has 0 bridgehead atoms. The van der Waals surface area contributed by atoms with Gasteiger partial charge in [0.25, 0.3) is 0 Å². The number of nitrogens with zero attached hydrogens (tertiary/aromatic N) is 1. The largest absolute Gasteiger partial charge is 0.438 e. The van der Waals surface area contributed by atoms with Gasteiger partial charge in [-0.15, -0.1) is 0 Å². The number of oxazole rings is 1. The molecular weight excluding hydrogens is 292 g/mol. The molecular formula is C14H11BrN2O. The molecule has 18 heavy (non-hydrogen) atoms. The molecule has 0 amide bonds. The van der Waals surface area contributed by atoms with Gasteiger partial charge in [0.15, 0.2) is 11.5 Å². The zero-order chi connectivity index (χ0) is 12.5. The monoisotopic (exact) mass is 302 g/mol. The molecule has 0 fully saturated rings. The quantitative estimate of drug-likeness (QED) is 0.733. The van der Waals surface area contributed by atoms with Gasteiger partial charge in [0.05, 0.1) is 5.69 Å².